The number of hydrogen-bond acceptors (Lipinski definition) is 5. The highest BCUT2D eigenvalue weighted by Crippen LogP contribution is 2.40. The summed E-state index contributed by atoms with van der Waals surface area (Å²) in [5.41, 5.74) is 7.24. The van der Waals surface area contributed by atoms with Crippen molar-refractivity contribution in [1.82, 2.24) is 5.32 Å². The summed E-state index contributed by atoms with van der Waals surface area (Å²) in [4.78, 5) is 10.4. The Balaban J connectivity index is 0.958. The zero-order valence-corrected chi connectivity index (χ0v) is 30.8. The van der Waals surface area contributed by atoms with Gasteiger partial charge in [0.05, 0.1) is 0 Å². The summed E-state index contributed by atoms with van der Waals surface area (Å²) >= 11 is 1.82. The monoisotopic (exact) mass is 733 g/mol. The van der Waals surface area contributed by atoms with Crippen molar-refractivity contribution >= 4 is 97.4 Å². The van der Waals surface area contributed by atoms with Gasteiger partial charge in [0.1, 0.15) is 23.2 Å². The van der Waals surface area contributed by atoms with Crippen LogP contribution >= 0.6 is 11.3 Å². The molecule has 1 aliphatic rings. The Kier molecular flexibility index (Phi) is 6.83. The molecule has 0 fully saturated rings. The zero-order chi connectivity index (χ0) is 36.7. The van der Waals surface area contributed by atoms with Gasteiger partial charge in [-0.2, -0.15) is 0 Å². The van der Waals surface area contributed by atoms with Crippen LogP contribution in [-0.2, 0) is 0 Å². The van der Waals surface area contributed by atoms with Gasteiger partial charge in [0, 0.05) is 42.1 Å². The number of aliphatic imine (C=N–C) groups is 2. The molecule has 1 unspecified atom stereocenters. The molecule has 0 saturated carbocycles. The lowest BCUT2D eigenvalue weighted by Gasteiger charge is -2.23. The molecule has 3 heterocycles. The van der Waals surface area contributed by atoms with Gasteiger partial charge < -0.3 is 9.73 Å². The first-order valence-corrected chi connectivity index (χ1v) is 19.7. The second kappa shape index (κ2) is 12.2. The lowest BCUT2D eigenvalue weighted by molar-refractivity contribution is 0.668. The van der Waals surface area contributed by atoms with E-state index in [2.05, 4.69) is 151 Å². The summed E-state index contributed by atoms with van der Waals surface area (Å²) < 4.78 is 8.61. The first-order chi connectivity index (χ1) is 27.7. The van der Waals surface area contributed by atoms with Crippen molar-refractivity contribution < 1.29 is 4.42 Å². The van der Waals surface area contributed by atoms with E-state index in [4.69, 9.17) is 14.4 Å². The number of amidine groups is 2. The number of fused-ring (bicyclic) bond motifs is 12. The molecule has 11 aromatic rings. The molecule has 0 aliphatic carbocycles. The minimum absolute atomic E-state index is 0.284. The van der Waals surface area contributed by atoms with Crippen LogP contribution < -0.4 is 5.32 Å². The van der Waals surface area contributed by atoms with Crippen molar-refractivity contribution in [3.63, 3.8) is 0 Å². The summed E-state index contributed by atoms with van der Waals surface area (Å²) in [6.45, 7) is 0. The number of nitrogens with zero attached hydrogens (tertiary/aromatic N) is 2. The predicted molar refractivity (Wildman–Crippen MR) is 236 cm³/mol. The average molecular weight is 734 g/mol. The molecular weight excluding hydrogens is 703 g/mol. The van der Waals surface area contributed by atoms with Crippen molar-refractivity contribution in [2.24, 2.45) is 9.98 Å². The molecule has 262 valence electrons. The Morgan fingerprint density at radius 3 is 1.77 bits per heavy atom. The highest BCUT2D eigenvalue weighted by molar-refractivity contribution is 7.25. The first kappa shape index (κ1) is 31.3. The number of hydrogen-bond donors (Lipinski definition) is 1. The smallest absolute Gasteiger partial charge is 0.159 e. The Bertz CT molecular complexity index is 3430. The molecule has 0 amide bonds. The highest BCUT2D eigenvalue weighted by atomic mass is 32.1. The standard InChI is InChI=1S/C51H31N3OS/c1-2-10-30(11-3-1)49-52-50(33-20-24-46-43(28-33)40-16-8-9-17-45(40)55-46)54-51(53-49)34-19-23-41-44-27-32(21-25-47(44)56-48(41)29-34)31-18-22-39-37-14-5-4-12-35(37)36-13-6-7-15-38(36)42(39)26-31/h1-29,49H,(H,52,53,54). The first-order valence-electron chi connectivity index (χ1n) is 18.9. The van der Waals surface area contributed by atoms with Crippen molar-refractivity contribution in [3.05, 3.63) is 193 Å². The lowest BCUT2D eigenvalue weighted by atomic mass is 9.92. The molecule has 1 aliphatic heterocycles. The maximum atomic E-state index is 6.14. The molecule has 1 atom stereocenters. The number of nitrogens with one attached hydrogen (secondary N) is 1. The van der Waals surface area contributed by atoms with Crippen LogP contribution in [0.1, 0.15) is 22.9 Å². The maximum Gasteiger partial charge on any atom is 0.159 e. The number of rotatable bonds is 4. The summed E-state index contributed by atoms with van der Waals surface area (Å²) in [5, 5.41) is 16.0. The molecule has 4 nitrogen and oxygen atoms in total. The minimum atomic E-state index is -0.284. The fourth-order valence-corrected chi connectivity index (χ4v) is 9.71. The third-order valence-electron chi connectivity index (χ3n) is 11.3. The molecule has 0 saturated heterocycles. The van der Waals surface area contributed by atoms with Crippen molar-refractivity contribution in [3.8, 4) is 11.1 Å². The van der Waals surface area contributed by atoms with Crippen LogP contribution in [0.5, 0.6) is 0 Å². The van der Waals surface area contributed by atoms with E-state index in [1.54, 1.807) is 0 Å². The fraction of sp³-hybridized carbons (Fsp3) is 0.0196. The molecule has 0 radical (unpaired) electrons. The van der Waals surface area contributed by atoms with Gasteiger partial charge in [-0.3, -0.25) is 0 Å². The lowest BCUT2D eigenvalue weighted by Crippen LogP contribution is -2.33. The van der Waals surface area contributed by atoms with E-state index in [1.165, 1.54) is 63.6 Å². The Hall–Kier alpha value is -7.08. The Morgan fingerprint density at radius 2 is 0.982 bits per heavy atom. The van der Waals surface area contributed by atoms with Crippen LogP contribution in [0.3, 0.4) is 0 Å². The molecule has 9 aromatic carbocycles. The topological polar surface area (TPSA) is 49.9 Å². The zero-order valence-electron chi connectivity index (χ0n) is 30.0. The Labute approximate surface area is 325 Å². The van der Waals surface area contributed by atoms with Gasteiger partial charge in [-0.05, 0) is 97.5 Å². The van der Waals surface area contributed by atoms with Crippen LogP contribution in [0, 0.1) is 0 Å². The highest BCUT2D eigenvalue weighted by Gasteiger charge is 2.22. The number of thiophene rings is 1. The second-order valence-corrected chi connectivity index (χ2v) is 15.6. The number of para-hydroxylation sites is 1. The molecule has 0 bridgehead atoms. The van der Waals surface area contributed by atoms with E-state index < -0.39 is 0 Å². The van der Waals surface area contributed by atoms with Gasteiger partial charge in [-0.15, -0.1) is 11.3 Å². The third-order valence-corrected chi connectivity index (χ3v) is 12.4. The van der Waals surface area contributed by atoms with Gasteiger partial charge in [-0.25, -0.2) is 9.98 Å². The molecule has 1 N–H and O–H groups in total. The van der Waals surface area contributed by atoms with Crippen LogP contribution in [0.4, 0.5) is 0 Å². The van der Waals surface area contributed by atoms with E-state index in [0.717, 1.165) is 44.5 Å². The molecule has 12 rings (SSSR count). The van der Waals surface area contributed by atoms with Gasteiger partial charge >= 0.3 is 0 Å². The van der Waals surface area contributed by atoms with Gasteiger partial charge in [0.2, 0.25) is 0 Å². The number of furan rings is 1. The van der Waals surface area contributed by atoms with E-state index in [9.17, 15) is 0 Å². The van der Waals surface area contributed by atoms with Crippen molar-refractivity contribution in [2.75, 3.05) is 0 Å². The van der Waals surface area contributed by atoms with E-state index in [-0.39, 0.29) is 6.17 Å². The van der Waals surface area contributed by atoms with Crippen LogP contribution in [0.2, 0.25) is 0 Å². The summed E-state index contributed by atoms with van der Waals surface area (Å²) in [5.74, 6) is 1.49. The minimum Gasteiger partial charge on any atom is -0.456 e. The average Bonchev–Trinajstić information content (AvgIpc) is 3.83. The van der Waals surface area contributed by atoms with Crippen LogP contribution in [0.25, 0.3) is 85.6 Å². The van der Waals surface area contributed by atoms with E-state index >= 15 is 0 Å². The molecular formula is C51H31N3OS. The molecule has 2 aromatic heterocycles. The van der Waals surface area contributed by atoms with Gasteiger partial charge in [-0.1, -0.05) is 127 Å². The fourth-order valence-electron chi connectivity index (χ4n) is 8.59. The second-order valence-electron chi connectivity index (χ2n) is 14.6. The van der Waals surface area contributed by atoms with E-state index in [0.29, 0.717) is 5.84 Å². The van der Waals surface area contributed by atoms with Gasteiger partial charge in [0.25, 0.3) is 0 Å². The number of benzene rings is 9. The SMILES string of the molecule is c1ccc(C2N=C(c3ccc4c(c3)sc3ccc(-c5ccc6c7ccccc7c7ccccc7c6c5)cc34)N=C(c3ccc4oc5ccccc5c4c3)N2)cc1. The summed E-state index contributed by atoms with van der Waals surface area (Å²) in [6, 6.07) is 62.9. The summed E-state index contributed by atoms with van der Waals surface area (Å²) in [6.07, 6.45) is -0.284. The van der Waals surface area contributed by atoms with Crippen molar-refractivity contribution in [2.45, 2.75) is 6.17 Å². The van der Waals surface area contributed by atoms with Crippen molar-refractivity contribution in [1.29, 1.82) is 0 Å². The maximum absolute atomic E-state index is 6.14. The normalized spacial score (nSPS) is 14.6. The Morgan fingerprint density at radius 1 is 0.411 bits per heavy atom. The van der Waals surface area contributed by atoms with Crippen LogP contribution in [-0.4, -0.2) is 11.7 Å². The molecule has 56 heavy (non-hydrogen) atoms. The third kappa shape index (κ3) is 4.91. The van der Waals surface area contributed by atoms with Crippen LogP contribution in [0.15, 0.2) is 190 Å². The summed E-state index contributed by atoms with van der Waals surface area (Å²) in [7, 11) is 0. The largest absolute Gasteiger partial charge is 0.456 e. The molecule has 0 spiro atoms. The predicted octanol–water partition coefficient (Wildman–Crippen LogP) is 13.6. The quantitative estimate of drug-likeness (QED) is 0.183. The molecule has 5 heteroatoms. The van der Waals surface area contributed by atoms with Gasteiger partial charge in [0.15, 0.2) is 5.84 Å². The van der Waals surface area contributed by atoms with E-state index in [1.807, 2.05) is 41.7 Å².